The monoisotopic (exact) mass is 251 g/mol. The third kappa shape index (κ3) is 2.38. The van der Waals surface area contributed by atoms with Crippen molar-refractivity contribution in [1.82, 2.24) is 4.90 Å². The molecular weight excluding hydrogens is 234 g/mol. The number of rotatable bonds is 3. The van der Waals surface area contributed by atoms with E-state index in [9.17, 15) is 8.42 Å². The van der Waals surface area contributed by atoms with Gasteiger partial charge in [0.1, 0.15) is 18.3 Å². The van der Waals surface area contributed by atoms with Gasteiger partial charge in [-0.3, -0.25) is 4.18 Å². The number of ether oxygens (including phenoxy) is 2. The zero-order chi connectivity index (χ0) is 11.9. The molecule has 0 amide bonds. The van der Waals surface area contributed by atoms with Gasteiger partial charge in [-0.1, -0.05) is 0 Å². The summed E-state index contributed by atoms with van der Waals surface area (Å²) in [5.74, 6) is 0. The van der Waals surface area contributed by atoms with Gasteiger partial charge in [-0.15, -0.1) is 0 Å². The van der Waals surface area contributed by atoms with Crippen LogP contribution in [0.15, 0.2) is 0 Å². The summed E-state index contributed by atoms with van der Waals surface area (Å²) in [5.41, 5.74) is 0. The molecule has 2 saturated heterocycles. The summed E-state index contributed by atoms with van der Waals surface area (Å²) in [6.07, 6.45) is 0.160. The van der Waals surface area contributed by atoms with Crippen molar-refractivity contribution in [2.45, 2.75) is 24.4 Å². The van der Waals surface area contributed by atoms with Crippen LogP contribution in [0.3, 0.4) is 0 Å². The van der Waals surface area contributed by atoms with Gasteiger partial charge >= 0.3 is 0 Å². The molecule has 2 heterocycles. The molecule has 0 aromatic rings. The molecule has 0 aromatic heterocycles. The molecule has 0 N–H and O–H groups in total. The molecule has 2 aliphatic heterocycles. The number of hydrogen-bond acceptors (Lipinski definition) is 6. The Morgan fingerprint density at radius 1 is 1.19 bits per heavy atom. The van der Waals surface area contributed by atoms with Gasteiger partial charge in [0.25, 0.3) is 10.1 Å². The van der Waals surface area contributed by atoms with Gasteiger partial charge in [0.2, 0.25) is 0 Å². The highest BCUT2D eigenvalue weighted by atomic mass is 32.2. The standard InChI is InChI=1S/C9H17NO5S/c1-10(2)6-4-13-9-7(5-14-8(6)9)15-16(3,11)12/h6-9H,4-5H2,1-3H3/t6-,7-,8+,9+/m0/s1. The number of fused-ring (bicyclic) bond motifs is 1. The van der Waals surface area contributed by atoms with Crippen molar-refractivity contribution in [1.29, 1.82) is 0 Å². The summed E-state index contributed by atoms with van der Waals surface area (Å²) >= 11 is 0. The molecule has 0 saturated carbocycles. The van der Waals surface area contributed by atoms with Crippen molar-refractivity contribution in [2.75, 3.05) is 33.6 Å². The fraction of sp³-hybridized carbons (Fsp3) is 1.00. The van der Waals surface area contributed by atoms with Crippen molar-refractivity contribution < 1.29 is 22.1 Å². The van der Waals surface area contributed by atoms with Crippen molar-refractivity contribution in [3.63, 3.8) is 0 Å². The lowest BCUT2D eigenvalue weighted by Crippen LogP contribution is -2.40. The van der Waals surface area contributed by atoms with Crippen molar-refractivity contribution in [2.24, 2.45) is 0 Å². The first-order valence-corrected chi connectivity index (χ1v) is 6.98. The van der Waals surface area contributed by atoms with Crippen LogP contribution in [0, 0.1) is 0 Å². The average Bonchev–Trinajstić information content (AvgIpc) is 2.65. The first-order valence-electron chi connectivity index (χ1n) is 5.16. The highest BCUT2D eigenvalue weighted by Crippen LogP contribution is 2.31. The minimum Gasteiger partial charge on any atom is -0.371 e. The van der Waals surface area contributed by atoms with E-state index < -0.39 is 16.2 Å². The lowest BCUT2D eigenvalue weighted by atomic mass is 10.1. The Morgan fingerprint density at radius 2 is 1.81 bits per heavy atom. The first-order chi connectivity index (χ1) is 7.38. The Bertz CT molecular complexity index is 355. The van der Waals surface area contributed by atoms with E-state index in [0.29, 0.717) is 6.61 Å². The molecule has 0 aliphatic carbocycles. The van der Waals surface area contributed by atoms with Crippen LogP contribution in [0.1, 0.15) is 0 Å². The van der Waals surface area contributed by atoms with Crippen LogP contribution in [0.5, 0.6) is 0 Å². The lowest BCUT2D eigenvalue weighted by Gasteiger charge is -2.22. The molecule has 4 atom stereocenters. The van der Waals surface area contributed by atoms with Crippen LogP contribution in [0.4, 0.5) is 0 Å². The van der Waals surface area contributed by atoms with Crippen LogP contribution in [-0.2, 0) is 23.8 Å². The van der Waals surface area contributed by atoms with Crippen molar-refractivity contribution in [3.8, 4) is 0 Å². The maximum Gasteiger partial charge on any atom is 0.264 e. The molecule has 0 spiro atoms. The molecule has 0 radical (unpaired) electrons. The zero-order valence-electron chi connectivity index (χ0n) is 9.62. The Hall–Kier alpha value is -0.210. The summed E-state index contributed by atoms with van der Waals surface area (Å²) in [6, 6.07) is 0.165. The maximum absolute atomic E-state index is 11.0. The van der Waals surface area contributed by atoms with Crippen molar-refractivity contribution in [3.05, 3.63) is 0 Å². The van der Waals surface area contributed by atoms with Gasteiger partial charge in [0.05, 0.1) is 25.5 Å². The molecule has 0 aromatic carbocycles. The average molecular weight is 251 g/mol. The molecule has 94 valence electrons. The summed E-state index contributed by atoms with van der Waals surface area (Å²) < 4.78 is 38.1. The predicted molar refractivity (Wildman–Crippen MR) is 56.7 cm³/mol. The second-order valence-corrected chi connectivity index (χ2v) is 6.07. The molecule has 0 bridgehead atoms. The SMILES string of the molecule is CN(C)[C@H]1CO[C@H]2[C@@H]1OC[C@@H]2OS(C)(=O)=O. The maximum atomic E-state index is 11.0. The van der Waals surface area contributed by atoms with E-state index >= 15 is 0 Å². The Kier molecular flexibility index (Phi) is 3.24. The number of nitrogens with zero attached hydrogens (tertiary/aromatic N) is 1. The Labute approximate surface area is 95.6 Å². The first kappa shape index (κ1) is 12.3. The molecule has 0 unspecified atom stereocenters. The minimum absolute atomic E-state index is 0.0956. The summed E-state index contributed by atoms with van der Waals surface area (Å²) in [5, 5.41) is 0. The second-order valence-electron chi connectivity index (χ2n) is 4.47. The molecule has 2 rings (SSSR count). The minimum atomic E-state index is -3.46. The van der Waals surface area contributed by atoms with Crippen LogP contribution >= 0.6 is 0 Å². The summed E-state index contributed by atoms with van der Waals surface area (Å²) in [7, 11) is 0.440. The molecule has 6 nitrogen and oxygen atoms in total. The molecule has 2 fully saturated rings. The van der Waals surface area contributed by atoms with E-state index in [1.54, 1.807) is 0 Å². The second kappa shape index (κ2) is 4.23. The Balaban J connectivity index is 2.03. The van der Waals surface area contributed by atoms with E-state index in [4.69, 9.17) is 13.7 Å². The molecule has 2 aliphatic rings. The molecule has 7 heteroatoms. The summed E-state index contributed by atoms with van der Waals surface area (Å²) in [4.78, 5) is 2.02. The van der Waals surface area contributed by atoms with Gasteiger partial charge in [-0.25, -0.2) is 0 Å². The third-order valence-electron chi connectivity index (χ3n) is 2.94. The highest BCUT2D eigenvalue weighted by molar-refractivity contribution is 7.86. The number of likely N-dealkylation sites (N-methyl/N-ethyl adjacent to an activating group) is 1. The van der Waals surface area contributed by atoms with E-state index in [-0.39, 0.29) is 24.9 Å². The van der Waals surface area contributed by atoms with Gasteiger partial charge in [-0.05, 0) is 14.1 Å². The van der Waals surface area contributed by atoms with Crippen LogP contribution in [-0.4, -0.2) is 71.2 Å². The quantitative estimate of drug-likeness (QED) is 0.603. The van der Waals surface area contributed by atoms with E-state index in [1.165, 1.54) is 0 Å². The topological polar surface area (TPSA) is 65.1 Å². The van der Waals surface area contributed by atoms with Gasteiger partial charge in [0.15, 0.2) is 0 Å². The fourth-order valence-electron chi connectivity index (χ4n) is 2.19. The van der Waals surface area contributed by atoms with E-state index in [1.807, 2.05) is 19.0 Å². The fourth-order valence-corrected chi connectivity index (χ4v) is 2.81. The summed E-state index contributed by atoms with van der Waals surface area (Å²) in [6.45, 7) is 0.818. The van der Waals surface area contributed by atoms with Crippen LogP contribution < -0.4 is 0 Å². The highest BCUT2D eigenvalue weighted by Gasteiger charge is 2.49. The van der Waals surface area contributed by atoms with E-state index in [2.05, 4.69) is 0 Å². The van der Waals surface area contributed by atoms with Crippen LogP contribution in [0.2, 0.25) is 0 Å². The third-order valence-corrected chi connectivity index (χ3v) is 3.54. The van der Waals surface area contributed by atoms with Crippen LogP contribution in [0.25, 0.3) is 0 Å². The van der Waals surface area contributed by atoms with Gasteiger partial charge in [-0.2, -0.15) is 8.42 Å². The predicted octanol–water partition coefficient (Wildman–Crippen LogP) is -0.941. The lowest BCUT2D eigenvalue weighted by molar-refractivity contribution is 0.0315. The number of hydrogen-bond donors (Lipinski definition) is 0. The van der Waals surface area contributed by atoms with Gasteiger partial charge in [0, 0.05) is 0 Å². The normalized spacial score (nSPS) is 39.2. The van der Waals surface area contributed by atoms with E-state index in [0.717, 1.165) is 6.26 Å². The Morgan fingerprint density at radius 3 is 2.38 bits per heavy atom. The zero-order valence-corrected chi connectivity index (χ0v) is 10.4. The largest absolute Gasteiger partial charge is 0.371 e. The van der Waals surface area contributed by atoms with Crippen molar-refractivity contribution >= 4 is 10.1 Å². The smallest absolute Gasteiger partial charge is 0.264 e. The molecular formula is C9H17NO5S. The molecule has 16 heavy (non-hydrogen) atoms. The van der Waals surface area contributed by atoms with Gasteiger partial charge < -0.3 is 14.4 Å².